The van der Waals surface area contributed by atoms with Crippen LogP contribution in [0.4, 0.5) is 5.69 Å². The van der Waals surface area contributed by atoms with E-state index in [4.69, 9.17) is 16.3 Å². The van der Waals surface area contributed by atoms with Gasteiger partial charge in [-0.2, -0.15) is 0 Å². The Hall–Kier alpha value is -3.56. The first-order valence-electron chi connectivity index (χ1n) is 13.8. The normalized spacial score (nSPS) is 14.3. The smallest absolute Gasteiger partial charge is 0.264 e. The van der Waals surface area contributed by atoms with E-state index in [1.165, 1.54) is 17.0 Å². The molecule has 1 fully saturated rings. The fraction of sp³-hybridized carbons (Fsp3) is 0.355. The van der Waals surface area contributed by atoms with E-state index in [1.807, 2.05) is 0 Å². The van der Waals surface area contributed by atoms with Crippen molar-refractivity contribution < 1.29 is 22.7 Å². The van der Waals surface area contributed by atoms with Crippen LogP contribution in [-0.4, -0.2) is 50.4 Å². The topological polar surface area (TPSA) is 96.0 Å². The van der Waals surface area contributed by atoms with Crippen LogP contribution in [0.2, 0.25) is 5.02 Å². The highest BCUT2D eigenvalue weighted by molar-refractivity contribution is 7.92. The molecule has 8 nitrogen and oxygen atoms in total. The Morgan fingerprint density at radius 2 is 1.61 bits per heavy atom. The summed E-state index contributed by atoms with van der Waals surface area (Å²) in [6, 6.07) is 20.9. The lowest BCUT2D eigenvalue weighted by Crippen LogP contribution is -2.52. The molecule has 0 bridgehead atoms. The van der Waals surface area contributed by atoms with E-state index in [0.717, 1.165) is 35.6 Å². The van der Waals surface area contributed by atoms with Gasteiger partial charge >= 0.3 is 0 Å². The van der Waals surface area contributed by atoms with E-state index in [1.54, 1.807) is 80.6 Å². The molecule has 218 valence electrons. The monoisotopic (exact) mass is 597 g/mol. The van der Waals surface area contributed by atoms with E-state index < -0.39 is 28.5 Å². The summed E-state index contributed by atoms with van der Waals surface area (Å²) >= 11 is 6.07. The van der Waals surface area contributed by atoms with Crippen molar-refractivity contribution in [2.45, 2.75) is 63.1 Å². The summed E-state index contributed by atoms with van der Waals surface area (Å²) in [7, 11) is -4.18. The molecule has 0 heterocycles. The zero-order valence-electron chi connectivity index (χ0n) is 23.3. The number of benzene rings is 3. The number of carbonyl (C=O) groups excluding carboxylic acids is 2. The molecule has 3 aromatic carbocycles. The first kappa shape index (κ1) is 30.4. The van der Waals surface area contributed by atoms with Gasteiger partial charge in [-0.3, -0.25) is 13.9 Å². The summed E-state index contributed by atoms with van der Waals surface area (Å²) in [4.78, 5) is 28.9. The lowest BCUT2D eigenvalue weighted by Gasteiger charge is -2.33. The summed E-state index contributed by atoms with van der Waals surface area (Å²) < 4.78 is 34.8. The standard InChI is InChI=1S/C31H36ClN3O5S/c1-3-40-29-16-10-9-15-28(29)35(41(38,39)27-13-5-4-6-14-27)22-30(36)34(21-24-17-19-25(32)20-18-24)23(2)31(37)33-26-11-7-8-12-26/h4-6,9-10,13-20,23,26H,3,7-8,11-12,21-22H2,1-2H3,(H,33,37)/t23-/m1/s1. The fourth-order valence-corrected chi connectivity index (χ4v) is 6.51. The third-order valence-electron chi connectivity index (χ3n) is 7.18. The van der Waals surface area contributed by atoms with Gasteiger partial charge in [0.05, 0.1) is 17.2 Å². The number of halogens is 1. The van der Waals surface area contributed by atoms with Crippen molar-refractivity contribution in [2.75, 3.05) is 17.5 Å². The van der Waals surface area contributed by atoms with E-state index in [-0.39, 0.29) is 29.1 Å². The molecular weight excluding hydrogens is 562 g/mol. The fourth-order valence-electron chi connectivity index (χ4n) is 4.93. The Morgan fingerprint density at radius 3 is 2.27 bits per heavy atom. The third-order valence-corrected chi connectivity index (χ3v) is 9.20. The molecule has 1 N–H and O–H groups in total. The van der Waals surface area contributed by atoms with Crippen molar-refractivity contribution in [1.29, 1.82) is 0 Å². The molecule has 1 aliphatic rings. The molecule has 0 aliphatic heterocycles. The second-order valence-corrected chi connectivity index (χ2v) is 12.3. The number of nitrogens with one attached hydrogen (secondary N) is 1. The Kier molecular flexibility index (Phi) is 10.3. The molecule has 0 spiro atoms. The van der Waals surface area contributed by atoms with Gasteiger partial charge < -0.3 is 15.0 Å². The Bertz CT molecular complexity index is 1430. The number of carbonyl (C=O) groups is 2. The number of hydrogen-bond donors (Lipinski definition) is 1. The predicted molar refractivity (Wildman–Crippen MR) is 160 cm³/mol. The molecule has 4 rings (SSSR count). The van der Waals surface area contributed by atoms with Gasteiger partial charge in [-0.05, 0) is 68.7 Å². The second kappa shape index (κ2) is 13.9. The minimum Gasteiger partial charge on any atom is -0.492 e. The maximum atomic E-state index is 14.1. The molecule has 10 heteroatoms. The molecule has 0 saturated heterocycles. The number of rotatable bonds is 12. The molecule has 0 radical (unpaired) electrons. The van der Waals surface area contributed by atoms with Crippen molar-refractivity contribution >= 4 is 39.1 Å². The lowest BCUT2D eigenvalue weighted by atomic mass is 10.1. The zero-order chi connectivity index (χ0) is 29.4. The summed E-state index contributed by atoms with van der Waals surface area (Å²) in [6.45, 7) is 3.35. The van der Waals surface area contributed by atoms with Gasteiger partial charge in [0.2, 0.25) is 11.8 Å². The maximum Gasteiger partial charge on any atom is 0.264 e. The predicted octanol–water partition coefficient (Wildman–Crippen LogP) is 5.41. The summed E-state index contributed by atoms with van der Waals surface area (Å²) in [5.74, 6) is -0.468. The Balaban J connectivity index is 1.71. The van der Waals surface area contributed by atoms with Crippen LogP contribution in [0.1, 0.15) is 45.1 Å². The largest absolute Gasteiger partial charge is 0.492 e. The number of amides is 2. The van der Waals surface area contributed by atoms with Crippen molar-refractivity contribution in [3.63, 3.8) is 0 Å². The lowest BCUT2D eigenvalue weighted by molar-refractivity contribution is -0.139. The van der Waals surface area contributed by atoms with Crippen LogP contribution >= 0.6 is 11.6 Å². The minimum atomic E-state index is -4.18. The molecule has 1 aliphatic carbocycles. The van der Waals surface area contributed by atoms with Crippen molar-refractivity contribution in [3.8, 4) is 5.75 Å². The quantitative estimate of drug-likeness (QED) is 0.301. The van der Waals surface area contributed by atoms with Gasteiger partial charge in [-0.15, -0.1) is 0 Å². The molecule has 2 amide bonds. The summed E-state index contributed by atoms with van der Waals surface area (Å²) in [5.41, 5.74) is 0.997. The second-order valence-electron chi connectivity index (χ2n) is 10.0. The third kappa shape index (κ3) is 7.59. The highest BCUT2D eigenvalue weighted by Gasteiger charge is 2.34. The SMILES string of the molecule is CCOc1ccccc1N(CC(=O)N(Cc1ccc(Cl)cc1)[C@H](C)C(=O)NC1CCCC1)S(=O)(=O)c1ccccc1. The van der Waals surface area contributed by atoms with Crippen LogP contribution in [-0.2, 0) is 26.2 Å². The van der Waals surface area contributed by atoms with Crippen LogP contribution in [0.3, 0.4) is 0 Å². The Labute approximate surface area is 247 Å². The zero-order valence-corrected chi connectivity index (χ0v) is 24.9. The van der Waals surface area contributed by atoms with Crippen LogP contribution in [0.15, 0.2) is 83.8 Å². The number of sulfonamides is 1. The number of ether oxygens (including phenoxy) is 1. The van der Waals surface area contributed by atoms with Gasteiger partial charge in [0, 0.05) is 17.6 Å². The molecule has 1 saturated carbocycles. The molecule has 0 unspecified atom stereocenters. The highest BCUT2D eigenvalue weighted by atomic mass is 35.5. The summed E-state index contributed by atoms with van der Waals surface area (Å²) in [5, 5.41) is 3.62. The van der Waals surface area contributed by atoms with Crippen LogP contribution in [0, 0.1) is 0 Å². The van der Waals surface area contributed by atoms with Crippen molar-refractivity contribution in [2.24, 2.45) is 0 Å². The average molecular weight is 598 g/mol. The maximum absolute atomic E-state index is 14.1. The number of para-hydroxylation sites is 2. The number of hydrogen-bond acceptors (Lipinski definition) is 5. The Morgan fingerprint density at radius 1 is 0.976 bits per heavy atom. The van der Waals surface area contributed by atoms with E-state index in [2.05, 4.69) is 5.32 Å². The number of anilines is 1. The first-order chi connectivity index (χ1) is 19.7. The highest BCUT2D eigenvalue weighted by Crippen LogP contribution is 2.33. The minimum absolute atomic E-state index is 0.0374. The molecular formula is C31H36ClN3O5S. The van der Waals surface area contributed by atoms with Gasteiger partial charge in [0.25, 0.3) is 10.0 Å². The van der Waals surface area contributed by atoms with Crippen LogP contribution in [0.25, 0.3) is 0 Å². The molecule has 1 atom stereocenters. The first-order valence-corrected chi connectivity index (χ1v) is 15.7. The van der Waals surface area contributed by atoms with E-state index in [9.17, 15) is 18.0 Å². The van der Waals surface area contributed by atoms with Gasteiger partial charge in [0.15, 0.2) is 0 Å². The van der Waals surface area contributed by atoms with Gasteiger partial charge in [-0.1, -0.05) is 66.9 Å². The molecule has 3 aromatic rings. The van der Waals surface area contributed by atoms with Gasteiger partial charge in [-0.25, -0.2) is 8.42 Å². The molecule has 41 heavy (non-hydrogen) atoms. The van der Waals surface area contributed by atoms with E-state index >= 15 is 0 Å². The van der Waals surface area contributed by atoms with E-state index in [0.29, 0.717) is 17.4 Å². The van der Waals surface area contributed by atoms with Crippen molar-refractivity contribution in [3.05, 3.63) is 89.4 Å². The number of nitrogens with zero attached hydrogens (tertiary/aromatic N) is 2. The average Bonchev–Trinajstić information content (AvgIpc) is 3.49. The summed E-state index contributed by atoms with van der Waals surface area (Å²) in [6.07, 6.45) is 3.92. The van der Waals surface area contributed by atoms with Gasteiger partial charge in [0.1, 0.15) is 18.3 Å². The molecule has 0 aromatic heterocycles. The van der Waals surface area contributed by atoms with Crippen LogP contribution in [0.5, 0.6) is 5.75 Å². The van der Waals surface area contributed by atoms with Crippen LogP contribution < -0.4 is 14.4 Å². The van der Waals surface area contributed by atoms with Crippen molar-refractivity contribution in [1.82, 2.24) is 10.2 Å².